The Morgan fingerprint density at radius 3 is 2.53 bits per heavy atom. The summed E-state index contributed by atoms with van der Waals surface area (Å²) in [6, 6.07) is 14.7. The molecular weight excluding hydrogens is 406 g/mol. The fourth-order valence-electron chi connectivity index (χ4n) is 4.22. The predicted molar refractivity (Wildman–Crippen MR) is 125 cm³/mol. The van der Waals surface area contributed by atoms with E-state index in [-0.39, 0.29) is 18.1 Å². The maximum atomic E-state index is 13.2. The summed E-state index contributed by atoms with van der Waals surface area (Å²) in [4.78, 5) is 34.4. The van der Waals surface area contributed by atoms with E-state index < -0.39 is 12.2 Å². The molecule has 0 radical (unpaired) electrons. The number of hydrogen-bond donors (Lipinski definition) is 2. The van der Waals surface area contributed by atoms with Crippen molar-refractivity contribution in [2.24, 2.45) is 4.99 Å². The highest BCUT2D eigenvalue weighted by atomic mass is 16.5. The number of fused-ring (bicyclic) bond motifs is 1. The van der Waals surface area contributed by atoms with Crippen molar-refractivity contribution in [2.75, 3.05) is 30.4 Å². The molecular formula is C24H29N5O3. The summed E-state index contributed by atoms with van der Waals surface area (Å²) in [5, 5.41) is 5.54. The number of benzene rings is 2. The summed E-state index contributed by atoms with van der Waals surface area (Å²) >= 11 is 0. The van der Waals surface area contributed by atoms with E-state index in [9.17, 15) is 9.59 Å². The Balaban J connectivity index is 1.65. The van der Waals surface area contributed by atoms with E-state index in [1.54, 1.807) is 18.0 Å². The van der Waals surface area contributed by atoms with Crippen LogP contribution < -0.4 is 15.5 Å². The molecule has 3 amide bonds. The quantitative estimate of drug-likeness (QED) is 0.759. The van der Waals surface area contributed by atoms with Crippen LogP contribution in [0.25, 0.3) is 0 Å². The van der Waals surface area contributed by atoms with Gasteiger partial charge in [-0.3, -0.25) is 4.79 Å². The number of ether oxygens (including phenoxy) is 1. The van der Waals surface area contributed by atoms with Gasteiger partial charge in [0.2, 0.25) is 6.17 Å². The zero-order valence-corrected chi connectivity index (χ0v) is 18.8. The molecule has 0 aliphatic carbocycles. The number of aryl methyl sites for hydroxylation is 1. The van der Waals surface area contributed by atoms with Crippen LogP contribution in [0.5, 0.6) is 0 Å². The van der Waals surface area contributed by atoms with Crippen molar-refractivity contribution in [3.63, 3.8) is 0 Å². The SMILES string of the molecule is Cc1cccc(NC(=O)N[C@@H]2N=C(N3C[C@@H](C)O[C@@H](C)C3)c3ccccc3N(C)C2=O)c1. The second-order valence-electron chi connectivity index (χ2n) is 8.40. The van der Waals surface area contributed by atoms with Crippen LogP contribution >= 0.6 is 0 Å². The lowest BCUT2D eigenvalue weighted by Crippen LogP contribution is -2.50. The molecule has 3 atom stereocenters. The van der Waals surface area contributed by atoms with Gasteiger partial charge in [0.15, 0.2) is 0 Å². The first-order valence-electron chi connectivity index (χ1n) is 10.8. The number of likely N-dealkylation sites (N-methyl/N-ethyl adjacent to an activating group) is 1. The number of nitrogens with one attached hydrogen (secondary N) is 2. The van der Waals surface area contributed by atoms with E-state index in [0.717, 1.165) is 16.8 Å². The highest BCUT2D eigenvalue weighted by Crippen LogP contribution is 2.27. The molecule has 2 aromatic rings. The van der Waals surface area contributed by atoms with Crippen LogP contribution in [0.2, 0.25) is 0 Å². The van der Waals surface area contributed by atoms with Gasteiger partial charge >= 0.3 is 6.03 Å². The van der Waals surface area contributed by atoms with Crippen molar-refractivity contribution < 1.29 is 14.3 Å². The molecule has 2 aromatic carbocycles. The summed E-state index contributed by atoms with van der Waals surface area (Å²) in [6.45, 7) is 7.29. The van der Waals surface area contributed by atoms with Gasteiger partial charge in [0.1, 0.15) is 5.84 Å². The standard InChI is InChI=1S/C24H29N5O3/c1-15-8-7-9-18(12-15)25-24(31)27-21-23(30)28(4)20-11-6-5-10-19(20)22(26-21)29-13-16(2)32-17(3)14-29/h5-12,16-17,21H,13-14H2,1-4H3,(H2,25,27,31)/t16-,17+,21-/m0/s1. The third-order valence-corrected chi connectivity index (χ3v) is 5.59. The van der Waals surface area contributed by atoms with Gasteiger partial charge in [0.05, 0.1) is 17.9 Å². The van der Waals surface area contributed by atoms with Crippen LogP contribution in [-0.2, 0) is 9.53 Å². The van der Waals surface area contributed by atoms with E-state index >= 15 is 0 Å². The van der Waals surface area contributed by atoms with Crippen molar-refractivity contribution >= 4 is 29.1 Å². The third kappa shape index (κ3) is 4.60. The minimum absolute atomic E-state index is 0.0290. The Morgan fingerprint density at radius 2 is 1.81 bits per heavy atom. The van der Waals surface area contributed by atoms with E-state index in [1.165, 1.54) is 0 Å². The molecule has 0 saturated carbocycles. The first-order chi connectivity index (χ1) is 15.3. The smallest absolute Gasteiger partial charge is 0.321 e. The number of para-hydroxylation sites is 1. The Hall–Kier alpha value is -3.39. The summed E-state index contributed by atoms with van der Waals surface area (Å²) in [6.07, 6.45) is -0.997. The largest absolute Gasteiger partial charge is 0.372 e. The van der Waals surface area contributed by atoms with E-state index in [1.807, 2.05) is 63.2 Å². The van der Waals surface area contributed by atoms with Gasteiger partial charge in [-0.25, -0.2) is 9.79 Å². The van der Waals surface area contributed by atoms with Crippen molar-refractivity contribution in [1.29, 1.82) is 0 Å². The maximum Gasteiger partial charge on any atom is 0.321 e. The number of anilines is 2. The molecule has 8 nitrogen and oxygen atoms in total. The van der Waals surface area contributed by atoms with Gasteiger partial charge < -0.3 is 25.2 Å². The number of hydrogen-bond acceptors (Lipinski definition) is 5. The molecule has 8 heteroatoms. The first-order valence-corrected chi connectivity index (χ1v) is 10.8. The summed E-state index contributed by atoms with van der Waals surface area (Å²) in [7, 11) is 1.71. The summed E-state index contributed by atoms with van der Waals surface area (Å²) in [5.41, 5.74) is 3.29. The number of urea groups is 1. The first kappa shape index (κ1) is 21.8. The lowest BCUT2D eigenvalue weighted by molar-refractivity contribution is -0.119. The Bertz CT molecular complexity index is 1040. The molecule has 1 saturated heterocycles. The van der Waals surface area contributed by atoms with Crippen molar-refractivity contribution in [3.8, 4) is 0 Å². The normalized spacial score (nSPS) is 23.2. The number of amides is 3. The molecule has 0 unspecified atom stereocenters. The van der Waals surface area contributed by atoms with Crippen LogP contribution in [0.15, 0.2) is 53.5 Å². The number of aliphatic imine (C=N–C) groups is 1. The highest BCUT2D eigenvalue weighted by Gasteiger charge is 2.34. The number of carbonyl (C=O) groups is 2. The fraction of sp³-hybridized carbons (Fsp3) is 0.375. The number of rotatable bonds is 2. The molecule has 32 heavy (non-hydrogen) atoms. The Morgan fingerprint density at radius 1 is 1.09 bits per heavy atom. The van der Waals surface area contributed by atoms with Crippen LogP contribution in [0.3, 0.4) is 0 Å². The van der Waals surface area contributed by atoms with Crippen LogP contribution in [0.4, 0.5) is 16.2 Å². The zero-order valence-electron chi connectivity index (χ0n) is 18.8. The molecule has 2 aliphatic rings. The van der Waals surface area contributed by atoms with Gasteiger partial charge in [-0.15, -0.1) is 0 Å². The van der Waals surface area contributed by atoms with Gasteiger partial charge in [-0.1, -0.05) is 24.3 Å². The van der Waals surface area contributed by atoms with E-state index in [2.05, 4.69) is 15.5 Å². The average molecular weight is 436 g/mol. The molecule has 0 aromatic heterocycles. The number of morpholine rings is 1. The van der Waals surface area contributed by atoms with E-state index in [0.29, 0.717) is 24.6 Å². The van der Waals surface area contributed by atoms with Gasteiger partial charge in [-0.2, -0.15) is 0 Å². The lowest BCUT2D eigenvalue weighted by atomic mass is 10.1. The highest BCUT2D eigenvalue weighted by molar-refractivity contribution is 6.12. The zero-order chi connectivity index (χ0) is 22.8. The Labute approximate surface area is 188 Å². The second-order valence-corrected chi connectivity index (χ2v) is 8.40. The molecule has 0 bridgehead atoms. The van der Waals surface area contributed by atoms with Gasteiger partial charge in [0, 0.05) is 31.4 Å². The van der Waals surface area contributed by atoms with Gasteiger partial charge in [-0.05, 0) is 50.6 Å². The van der Waals surface area contributed by atoms with Crippen LogP contribution in [0.1, 0.15) is 25.0 Å². The van der Waals surface area contributed by atoms with Crippen molar-refractivity contribution in [3.05, 3.63) is 59.7 Å². The topological polar surface area (TPSA) is 86.3 Å². The predicted octanol–water partition coefficient (Wildman–Crippen LogP) is 2.98. The molecule has 0 spiro atoms. The fourth-order valence-corrected chi connectivity index (χ4v) is 4.22. The minimum Gasteiger partial charge on any atom is -0.372 e. The molecule has 1 fully saturated rings. The number of carbonyl (C=O) groups excluding carboxylic acids is 2. The third-order valence-electron chi connectivity index (χ3n) is 5.59. The number of benzodiazepines with no additional fused rings is 1. The lowest BCUT2D eigenvalue weighted by Gasteiger charge is -2.37. The number of nitrogens with zero attached hydrogens (tertiary/aromatic N) is 3. The van der Waals surface area contributed by atoms with Crippen LogP contribution in [0, 0.1) is 6.92 Å². The van der Waals surface area contributed by atoms with Crippen molar-refractivity contribution in [1.82, 2.24) is 10.2 Å². The van der Waals surface area contributed by atoms with E-state index in [4.69, 9.17) is 9.73 Å². The molecule has 2 heterocycles. The van der Waals surface area contributed by atoms with Crippen molar-refractivity contribution in [2.45, 2.75) is 39.1 Å². The molecule has 2 N–H and O–H groups in total. The Kier molecular flexibility index (Phi) is 6.14. The molecule has 168 valence electrons. The number of amidine groups is 1. The minimum atomic E-state index is -1.05. The van der Waals surface area contributed by atoms with Crippen LogP contribution in [-0.4, -0.2) is 61.2 Å². The summed E-state index contributed by atoms with van der Waals surface area (Å²) < 4.78 is 5.88. The monoisotopic (exact) mass is 435 g/mol. The average Bonchev–Trinajstić information content (AvgIpc) is 2.84. The summed E-state index contributed by atoms with van der Waals surface area (Å²) in [5.74, 6) is 0.377. The molecule has 4 rings (SSSR count). The molecule has 2 aliphatic heterocycles. The second kappa shape index (κ2) is 9.00. The maximum absolute atomic E-state index is 13.2. The van der Waals surface area contributed by atoms with Gasteiger partial charge in [0.25, 0.3) is 5.91 Å².